The molecule has 0 aromatic rings. The van der Waals surface area contributed by atoms with Gasteiger partial charge < -0.3 is 15.3 Å². The third kappa shape index (κ3) is 3.72. The van der Waals surface area contributed by atoms with Crippen LogP contribution in [0.1, 0.15) is 44.9 Å². The van der Waals surface area contributed by atoms with E-state index >= 15 is 0 Å². The Morgan fingerprint density at radius 2 is 1.69 bits per heavy atom. The van der Waals surface area contributed by atoms with Crippen LogP contribution in [0.25, 0.3) is 0 Å². The number of aliphatic hydroxyl groups is 1. The van der Waals surface area contributed by atoms with Gasteiger partial charge in [-0.15, -0.1) is 0 Å². The molecule has 3 nitrogen and oxygen atoms in total. The molecule has 1 saturated carbocycles. The van der Waals surface area contributed by atoms with Gasteiger partial charge in [-0.05, 0) is 38.8 Å². The van der Waals surface area contributed by atoms with Crippen molar-refractivity contribution in [1.82, 2.24) is 10.2 Å². The normalized spacial score (nSPS) is 26.1. The fourth-order valence-electron chi connectivity index (χ4n) is 2.95. The highest BCUT2D eigenvalue weighted by Crippen LogP contribution is 2.27. The molecule has 1 heterocycles. The number of hydrogen-bond donors (Lipinski definition) is 2. The molecule has 0 aromatic carbocycles. The molecule has 0 atom stereocenters. The zero-order chi connectivity index (χ0) is 11.3. The second-order valence-electron chi connectivity index (χ2n) is 5.51. The Balaban J connectivity index is 1.56. The molecular formula is C13H26N2O. The predicted molar refractivity (Wildman–Crippen MR) is 66.6 cm³/mol. The molecule has 2 rings (SSSR count). The van der Waals surface area contributed by atoms with Crippen molar-refractivity contribution in [2.75, 3.05) is 32.7 Å². The Bertz CT molecular complexity index is 196. The molecule has 1 aliphatic carbocycles. The van der Waals surface area contributed by atoms with Gasteiger partial charge in [0, 0.05) is 19.6 Å². The second-order valence-corrected chi connectivity index (χ2v) is 5.51. The number of nitrogens with one attached hydrogen (secondary N) is 1. The van der Waals surface area contributed by atoms with Crippen molar-refractivity contribution in [3.8, 4) is 0 Å². The molecule has 1 aliphatic heterocycles. The molecule has 3 heteroatoms. The van der Waals surface area contributed by atoms with Crippen LogP contribution in [0.15, 0.2) is 0 Å². The van der Waals surface area contributed by atoms with Gasteiger partial charge >= 0.3 is 0 Å². The van der Waals surface area contributed by atoms with Crippen LogP contribution >= 0.6 is 0 Å². The number of nitrogens with zero attached hydrogens (tertiary/aromatic N) is 1. The van der Waals surface area contributed by atoms with Gasteiger partial charge in [0.1, 0.15) is 0 Å². The van der Waals surface area contributed by atoms with Crippen LogP contribution in [0.3, 0.4) is 0 Å². The summed E-state index contributed by atoms with van der Waals surface area (Å²) in [5.41, 5.74) is -0.400. The Hall–Kier alpha value is -0.120. The quantitative estimate of drug-likeness (QED) is 0.695. The maximum Gasteiger partial charge on any atom is 0.0771 e. The van der Waals surface area contributed by atoms with Gasteiger partial charge in [0.15, 0.2) is 0 Å². The minimum absolute atomic E-state index is 0.400. The predicted octanol–water partition coefficient (Wildman–Crippen LogP) is 1.37. The molecular weight excluding hydrogens is 200 g/mol. The van der Waals surface area contributed by atoms with E-state index in [2.05, 4.69) is 10.2 Å². The van der Waals surface area contributed by atoms with E-state index in [-0.39, 0.29) is 0 Å². The minimum atomic E-state index is -0.400. The molecule has 16 heavy (non-hydrogen) atoms. The highest BCUT2D eigenvalue weighted by atomic mass is 16.3. The molecule has 0 spiro atoms. The Labute approximate surface area is 99.2 Å². The van der Waals surface area contributed by atoms with Crippen molar-refractivity contribution in [2.24, 2.45) is 0 Å². The fourth-order valence-corrected chi connectivity index (χ4v) is 2.95. The van der Waals surface area contributed by atoms with E-state index in [1.165, 1.54) is 45.2 Å². The van der Waals surface area contributed by atoms with Gasteiger partial charge in [-0.1, -0.05) is 19.3 Å². The van der Waals surface area contributed by atoms with Crippen LogP contribution in [0.4, 0.5) is 0 Å². The number of rotatable bonds is 5. The van der Waals surface area contributed by atoms with E-state index in [9.17, 15) is 5.11 Å². The zero-order valence-electron chi connectivity index (χ0n) is 10.4. The summed E-state index contributed by atoms with van der Waals surface area (Å²) in [4.78, 5) is 2.51. The van der Waals surface area contributed by atoms with Crippen LogP contribution < -0.4 is 5.32 Å². The molecule has 94 valence electrons. The Morgan fingerprint density at radius 1 is 1.00 bits per heavy atom. The van der Waals surface area contributed by atoms with Crippen LogP contribution in [0, 0.1) is 0 Å². The molecule has 1 saturated heterocycles. The SMILES string of the molecule is OC1(CNCCN2CCCC2)CCCCC1. The lowest BCUT2D eigenvalue weighted by molar-refractivity contribution is 0.00478. The standard InChI is InChI=1S/C13H26N2O/c16-13(6-2-1-3-7-13)12-14-8-11-15-9-4-5-10-15/h14,16H,1-12H2. The molecule has 0 amide bonds. The maximum absolute atomic E-state index is 10.3. The van der Waals surface area contributed by atoms with Crippen LogP contribution in [0.2, 0.25) is 0 Å². The molecule has 0 aromatic heterocycles. The lowest BCUT2D eigenvalue weighted by Gasteiger charge is -2.32. The highest BCUT2D eigenvalue weighted by molar-refractivity contribution is 4.84. The van der Waals surface area contributed by atoms with Crippen LogP contribution in [-0.2, 0) is 0 Å². The van der Waals surface area contributed by atoms with E-state index in [4.69, 9.17) is 0 Å². The molecule has 0 radical (unpaired) electrons. The van der Waals surface area contributed by atoms with E-state index in [1.807, 2.05) is 0 Å². The van der Waals surface area contributed by atoms with Gasteiger partial charge in [0.05, 0.1) is 5.60 Å². The summed E-state index contributed by atoms with van der Waals surface area (Å²) in [6.45, 7) is 5.51. The van der Waals surface area contributed by atoms with Crippen LogP contribution in [-0.4, -0.2) is 48.3 Å². The molecule has 0 unspecified atom stereocenters. The van der Waals surface area contributed by atoms with E-state index in [0.29, 0.717) is 0 Å². The van der Waals surface area contributed by atoms with Gasteiger partial charge in [0.25, 0.3) is 0 Å². The summed E-state index contributed by atoms with van der Waals surface area (Å²) in [6.07, 6.45) is 8.41. The second kappa shape index (κ2) is 5.99. The van der Waals surface area contributed by atoms with Crippen molar-refractivity contribution in [2.45, 2.75) is 50.5 Å². The van der Waals surface area contributed by atoms with Crippen molar-refractivity contribution < 1.29 is 5.11 Å². The summed E-state index contributed by atoms with van der Waals surface area (Å²) < 4.78 is 0. The summed E-state index contributed by atoms with van der Waals surface area (Å²) in [7, 11) is 0. The maximum atomic E-state index is 10.3. The number of hydrogen-bond acceptors (Lipinski definition) is 3. The van der Waals surface area contributed by atoms with Gasteiger partial charge in [0.2, 0.25) is 0 Å². The van der Waals surface area contributed by atoms with Crippen molar-refractivity contribution in [3.05, 3.63) is 0 Å². The number of likely N-dealkylation sites (tertiary alicyclic amines) is 1. The summed E-state index contributed by atoms with van der Waals surface area (Å²) in [6, 6.07) is 0. The van der Waals surface area contributed by atoms with E-state index in [1.54, 1.807) is 0 Å². The first-order valence-corrected chi connectivity index (χ1v) is 6.94. The summed E-state index contributed by atoms with van der Waals surface area (Å²) >= 11 is 0. The largest absolute Gasteiger partial charge is 0.389 e. The first-order valence-electron chi connectivity index (χ1n) is 6.94. The van der Waals surface area contributed by atoms with Gasteiger partial charge in [-0.3, -0.25) is 0 Å². The third-order valence-electron chi connectivity index (χ3n) is 4.04. The highest BCUT2D eigenvalue weighted by Gasteiger charge is 2.28. The van der Waals surface area contributed by atoms with E-state index in [0.717, 1.165) is 32.5 Å². The van der Waals surface area contributed by atoms with E-state index < -0.39 is 5.60 Å². The summed E-state index contributed by atoms with van der Waals surface area (Å²) in [5, 5.41) is 13.7. The van der Waals surface area contributed by atoms with Gasteiger partial charge in [-0.2, -0.15) is 0 Å². The third-order valence-corrected chi connectivity index (χ3v) is 4.04. The average molecular weight is 226 g/mol. The first-order chi connectivity index (χ1) is 7.79. The summed E-state index contributed by atoms with van der Waals surface area (Å²) in [5.74, 6) is 0. The van der Waals surface area contributed by atoms with Crippen LogP contribution in [0.5, 0.6) is 0 Å². The lowest BCUT2D eigenvalue weighted by atomic mass is 9.85. The Morgan fingerprint density at radius 3 is 2.38 bits per heavy atom. The molecule has 2 aliphatic rings. The lowest BCUT2D eigenvalue weighted by Crippen LogP contribution is -2.44. The minimum Gasteiger partial charge on any atom is -0.389 e. The average Bonchev–Trinajstić information content (AvgIpc) is 2.78. The van der Waals surface area contributed by atoms with Crippen molar-refractivity contribution in [3.63, 3.8) is 0 Å². The van der Waals surface area contributed by atoms with Crippen molar-refractivity contribution >= 4 is 0 Å². The molecule has 2 N–H and O–H groups in total. The molecule has 0 bridgehead atoms. The first kappa shape index (κ1) is 12.3. The zero-order valence-corrected chi connectivity index (χ0v) is 10.4. The monoisotopic (exact) mass is 226 g/mol. The fraction of sp³-hybridized carbons (Fsp3) is 1.00. The Kier molecular flexibility index (Phi) is 4.62. The van der Waals surface area contributed by atoms with Gasteiger partial charge in [-0.25, -0.2) is 0 Å². The smallest absolute Gasteiger partial charge is 0.0771 e. The topological polar surface area (TPSA) is 35.5 Å². The van der Waals surface area contributed by atoms with Crippen molar-refractivity contribution in [1.29, 1.82) is 0 Å². The molecule has 2 fully saturated rings.